The van der Waals surface area contributed by atoms with Gasteiger partial charge in [-0.05, 0) is 32.0 Å². The summed E-state index contributed by atoms with van der Waals surface area (Å²) in [6.07, 6.45) is 1.14. The number of rotatable bonds is 5. The second-order valence-electron chi connectivity index (χ2n) is 5.00. The third kappa shape index (κ3) is 3.60. The van der Waals surface area contributed by atoms with E-state index in [0.717, 1.165) is 6.26 Å². The topological polar surface area (TPSA) is 109 Å². The van der Waals surface area contributed by atoms with Gasteiger partial charge in [-0.15, -0.1) is 0 Å². The largest absolute Gasteiger partial charge is 0.478 e. The van der Waals surface area contributed by atoms with Crippen LogP contribution < -0.4 is 11.1 Å². The summed E-state index contributed by atoms with van der Waals surface area (Å²) in [6.45, 7) is 3.24. The van der Waals surface area contributed by atoms with Gasteiger partial charge in [0.05, 0.1) is 16.0 Å². The molecular formula is C12H18N2O4S. The predicted octanol–water partition coefficient (Wildman–Crippen LogP) is 1.20. The number of benzene rings is 1. The van der Waals surface area contributed by atoms with E-state index < -0.39 is 20.6 Å². The molecule has 4 N–H and O–H groups in total. The van der Waals surface area contributed by atoms with E-state index in [-0.39, 0.29) is 12.1 Å². The molecule has 6 nitrogen and oxygen atoms in total. The first-order valence-electron chi connectivity index (χ1n) is 5.61. The van der Waals surface area contributed by atoms with Crippen molar-refractivity contribution in [1.29, 1.82) is 0 Å². The summed E-state index contributed by atoms with van der Waals surface area (Å²) < 4.78 is 22.2. The standard InChI is InChI=1S/C12H18N2O4S/c1-12(2,19(3,17)18)7-14-10-6-8(13)4-5-9(10)11(15)16/h4-6,14H,7,13H2,1-3H3,(H,15,16). The molecule has 0 fully saturated rings. The Labute approximate surface area is 112 Å². The molecule has 0 amide bonds. The summed E-state index contributed by atoms with van der Waals surface area (Å²) in [4.78, 5) is 11.1. The van der Waals surface area contributed by atoms with Crippen LogP contribution >= 0.6 is 0 Å². The first kappa shape index (κ1) is 15.3. The molecule has 0 aliphatic rings. The van der Waals surface area contributed by atoms with Crippen molar-refractivity contribution in [2.45, 2.75) is 18.6 Å². The van der Waals surface area contributed by atoms with Crippen molar-refractivity contribution in [3.63, 3.8) is 0 Å². The fraction of sp³-hybridized carbons (Fsp3) is 0.417. The summed E-state index contributed by atoms with van der Waals surface area (Å²) in [5, 5.41) is 11.9. The van der Waals surface area contributed by atoms with Gasteiger partial charge in [0.15, 0.2) is 9.84 Å². The Morgan fingerprint density at radius 1 is 1.42 bits per heavy atom. The van der Waals surface area contributed by atoms with E-state index in [1.54, 1.807) is 13.8 Å². The molecule has 0 atom stereocenters. The van der Waals surface area contributed by atoms with Crippen LogP contribution in [0.1, 0.15) is 24.2 Å². The highest BCUT2D eigenvalue weighted by Gasteiger charge is 2.30. The van der Waals surface area contributed by atoms with E-state index in [1.807, 2.05) is 0 Å². The van der Waals surface area contributed by atoms with Gasteiger partial charge in [0.2, 0.25) is 0 Å². The zero-order valence-electron chi connectivity index (χ0n) is 11.1. The number of anilines is 2. The highest BCUT2D eigenvalue weighted by molar-refractivity contribution is 7.92. The number of carbonyl (C=O) groups is 1. The van der Waals surface area contributed by atoms with Gasteiger partial charge in [-0.25, -0.2) is 13.2 Å². The second kappa shape index (κ2) is 5.08. The third-order valence-electron chi connectivity index (χ3n) is 2.98. The molecule has 7 heteroatoms. The zero-order chi connectivity index (χ0) is 14.8. The van der Waals surface area contributed by atoms with Gasteiger partial charge < -0.3 is 16.2 Å². The lowest BCUT2D eigenvalue weighted by Crippen LogP contribution is -2.38. The summed E-state index contributed by atoms with van der Waals surface area (Å²) in [5.74, 6) is -1.10. The van der Waals surface area contributed by atoms with Crippen molar-refractivity contribution in [2.75, 3.05) is 23.9 Å². The number of nitrogens with two attached hydrogens (primary N) is 1. The summed E-state index contributed by atoms with van der Waals surface area (Å²) >= 11 is 0. The number of carboxylic acids is 1. The maximum absolute atomic E-state index is 11.6. The van der Waals surface area contributed by atoms with Crippen LogP contribution in [-0.4, -0.2) is 37.0 Å². The van der Waals surface area contributed by atoms with Gasteiger partial charge >= 0.3 is 5.97 Å². The molecule has 1 rings (SSSR count). The maximum Gasteiger partial charge on any atom is 0.337 e. The monoisotopic (exact) mass is 286 g/mol. The minimum absolute atomic E-state index is 0.0542. The Morgan fingerprint density at radius 3 is 2.47 bits per heavy atom. The highest BCUT2D eigenvalue weighted by atomic mass is 32.2. The number of sulfone groups is 1. The average Bonchev–Trinajstić information content (AvgIpc) is 2.24. The van der Waals surface area contributed by atoms with Crippen molar-refractivity contribution < 1.29 is 18.3 Å². The normalized spacial score (nSPS) is 12.2. The first-order valence-corrected chi connectivity index (χ1v) is 7.50. The quantitative estimate of drug-likeness (QED) is 0.702. The number of aromatic carboxylic acids is 1. The molecule has 0 radical (unpaired) electrons. The molecule has 0 saturated carbocycles. The van der Waals surface area contributed by atoms with E-state index in [0.29, 0.717) is 11.4 Å². The molecule has 0 unspecified atom stereocenters. The van der Waals surface area contributed by atoms with Gasteiger partial charge in [-0.2, -0.15) is 0 Å². The van der Waals surface area contributed by atoms with Gasteiger partial charge in [0.25, 0.3) is 0 Å². The van der Waals surface area contributed by atoms with E-state index in [2.05, 4.69) is 5.32 Å². The van der Waals surface area contributed by atoms with Gasteiger partial charge in [0, 0.05) is 18.5 Å². The average molecular weight is 286 g/mol. The number of hydrogen-bond acceptors (Lipinski definition) is 5. The van der Waals surface area contributed by atoms with Crippen LogP contribution in [0.15, 0.2) is 18.2 Å². The molecule has 0 aliphatic carbocycles. The Bertz CT molecular complexity index is 594. The van der Waals surface area contributed by atoms with Crippen LogP contribution in [0.4, 0.5) is 11.4 Å². The SMILES string of the molecule is CC(C)(CNc1cc(N)ccc1C(=O)O)S(C)(=O)=O. The second-order valence-corrected chi connectivity index (χ2v) is 7.65. The lowest BCUT2D eigenvalue weighted by atomic mass is 10.1. The molecule has 1 aromatic carbocycles. The number of nitrogens with one attached hydrogen (secondary N) is 1. The Balaban J connectivity index is 3.01. The van der Waals surface area contributed by atoms with Gasteiger partial charge in [-0.3, -0.25) is 0 Å². The predicted molar refractivity (Wildman–Crippen MR) is 75.2 cm³/mol. The molecule has 0 spiro atoms. The minimum atomic E-state index is -3.26. The molecule has 106 valence electrons. The fourth-order valence-corrected chi connectivity index (χ4v) is 1.67. The number of nitrogen functional groups attached to an aromatic ring is 1. The van der Waals surface area contributed by atoms with Crippen LogP contribution in [0.25, 0.3) is 0 Å². The Kier molecular flexibility index (Phi) is 4.09. The smallest absolute Gasteiger partial charge is 0.337 e. The first-order chi connectivity index (χ1) is 8.54. The lowest BCUT2D eigenvalue weighted by molar-refractivity contribution is 0.0698. The molecular weight excluding hydrogens is 268 g/mol. The van der Waals surface area contributed by atoms with Crippen molar-refractivity contribution in [3.05, 3.63) is 23.8 Å². The Hall–Kier alpha value is -1.76. The van der Waals surface area contributed by atoms with E-state index in [1.165, 1.54) is 18.2 Å². The number of carboxylic acid groups (broad SMARTS) is 1. The molecule has 0 saturated heterocycles. The molecule has 0 aromatic heterocycles. The molecule has 0 bridgehead atoms. The summed E-state index contributed by atoms with van der Waals surface area (Å²) in [5.41, 5.74) is 6.37. The fourth-order valence-electron chi connectivity index (χ4n) is 1.33. The van der Waals surface area contributed by atoms with Gasteiger partial charge in [-0.1, -0.05) is 0 Å². The summed E-state index contributed by atoms with van der Waals surface area (Å²) in [7, 11) is -3.26. The summed E-state index contributed by atoms with van der Waals surface area (Å²) in [6, 6.07) is 4.34. The maximum atomic E-state index is 11.6. The van der Waals surface area contributed by atoms with E-state index in [4.69, 9.17) is 10.8 Å². The van der Waals surface area contributed by atoms with Crippen LogP contribution in [0.5, 0.6) is 0 Å². The van der Waals surface area contributed by atoms with Gasteiger partial charge in [0.1, 0.15) is 0 Å². The minimum Gasteiger partial charge on any atom is -0.478 e. The van der Waals surface area contributed by atoms with Crippen molar-refractivity contribution in [3.8, 4) is 0 Å². The zero-order valence-corrected chi connectivity index (χ0v) is 11.9. The third-order valence-corrected chi connectivity index (χ3v) is 5.13. The van der Waals surface area contributed by atoms with Crippen molar-refractivity contribution in [1.82, 2.24) is 0 Å². The van der Waals surface area contributed by atoms with E-state index >= 15 is 0 Å². The molecule has 1 aromatic rings. The lowest BCUT2D eigenvalue weighted by Gasteiger charge is -2.24. The van der Waals surface area contributed by atoms with Crippen LogP contribution in [0, 0.1) is 0 Å². The van der Waals surface area contributed by atoms with E-state index in [9.17, 15) is 13.2 Å². The van der Waals surface area contributed by atoms with Crippen molar-refractivity contribution >= 4 is 27.2 Å². The molecule has 19 heavy (non-hydrogen) atoms. The van der Waals surface area contributed by atoms with Crippen LogP contribution in [0.2, 0.25) is 0 Å². The van der Waals surface area contributed by atoms with Crippen molar-refractivity contribution in [2.24, 2.45) is 0 Å². The van der Waals surface area contributed by atoms with Crippen LogP contribution in [0.3, 0.4) is 0 Å². The highest BCUT2D eigenvalue weighted by Crippen LogP contribution is 2.22. The number of hydrogen-bond donors (Lipinski definition) is 3. The molecule has 0 heterocycles. The van der Waals surface area contributed by atoms with Crippen LogP contribution in [-0.2, 0) is 9.84 Å². The molecule has 0 aliphatic heterocycles. The Morgan fingerprint density at radius 2 is 2.00 bits per heavy atom.